The summed E-state index contributed by atoms with van der Waals surface area (Å²) in [6, 6.07) is 11.3. The minimum absolute atomic E-state index is 0.0627. The smallest absolute Gasteiger partial charge is 0.374 e. The van der Waals surface area contributed by atoms with Crippen LogP contribution in [0, 0.1) is 0 Å². The monoisotopic (exact) mass is 484 g/mol. The summed E-state index contributed by atoms with van der Waals surface area (Å²) in [5, 5.41) is 1.71. The number of nitrogens with zero attached hydrogens (tertiary/aromatic N) is 1. The van der Waals surface area contributed by atoms with E-state index in [1.54, 1.807) is 18.3 Å². The van der Waals surface area contributed by atoms with Crippen molar-refractivity contribution < 1.29 is 26.3 Å². The van der Waals surface area contributed by atoms with Crippen LogP contribution in [0.4, 0.5) is 26.3 Å². The molecule has 9 heteroatoms. The van der Waals surface area contributed by atoms with Crippen LogP contribution in [0.25, 0.3) is 21.8 Å². The molecule has 0 saturated heterocycles. The van der Waals surface area contributed by atoms with Gasteiger partial charge in [0.15, 0.2) is 8.24 Å². The normalized spacial score (nSPS) is 13.3. The van der Waals surface area contributed by atoms with E-state index >= 15 is 0 Å². The first-order valence-corrected chi connectivity index (χ1v) is 13.3. The molecule has 0 aliphatic heterocycles. The number of nitrogens with one attached hydrogen (secondary N) is 1. The molecule has 2 heterocycles. The fraction of sp³-hybridized carbons (Fsp3) is 0.333. The lowest BCUT2D eigenvalue weighted by molar-refractivity contribution is -0.138. The van der Waals surface area contributed by atoms with Crippen LogP contribution in [0.5, 0.6) is 0 Å². The Morgan fingerprint density at radius 2 is 1.27 bits per heavy atom. The Morgan fingerprint density at radius 1 is 0.727 bits per heavy atom. The highest BCUT2D eigenvalue weighted by atomic mass is 28.3. The van der Waals surface area contributed by atoms with Crippen LogP contribution in [-0.4, -0.2) is 17.5 Å². The fourth-order valence-corrected chi connectivity index (χ4v) is 5.34. The fourth-order valence-electron chi connectivity index (χ4n) is 3.38. The third kappa shape index (κ3) is 5.13. The molecule has 0 saturated carbocycles. The summed E-state index contributed by atoms with van der Waals surface area (Å²) in [5.41, 5.74) is -0.00708. The van der Waals surface area contributed by atoms with Crippen molar-refractivity contribution in [2.75, 3.05) is 0 Å². The lowest BCUT2D eigenvalue weighted by Gasteiger charge is -2.38. The average Bonchev–Trinajstić information content (AvgIpc) is 3.32. The van der Waals surface area contributed by atoms with E-state index in [2.05, 4.69) is 43.1 Å². The highest BCUT2D eigenvalue weighted by molar-refractivity contribution is 6.79. The van der Waals surface area contributed by atoms with Crippen LogP contribution in [0.15, 0.2) is 60.9 Å². The topological polar surface area (TPSA) is 20.7 Å². The second-order valence-electron chi connectivity index (χ2n) is 9.54. The van der Waals surface area contributed by atoms with Gasteiger partial charge in [-0.15, -0.1) is 0 Å². The van der Waals surface area contributed by atoms with Gasteiger partial charge in [-0.2, -0.15) is 26.3 Å². The molecule has 4 aromatic rings. The third-order valence-electron chi connectivity index (χ3n) is 6.34. The van der Waals surface area contributed by atoms with Gasteiger partial charge in [-0.25, -0.2) is 0 Å². The van der Waals surface area contributed by atoms with Crippen LogP contribution in [0.2, 0.25) is 18.1 Å². The van der Waals surface area contributed by atoms with Gasteiger partial charge >= 0.3 is 12.4 Å². The Bertz CT molecular complexity index is 1260. The molecule has 2 aromatic heterocycles. The van der Waals surface area contributed by atoms with Gasteiger partial charge in [0.1, 0.15) is 0 Å². The van der Waals surface area contributed by atoms with Crippen molar-refractivity contribution >= 4 is 30.0 Å². The predicted molar refractivity (Wildman–Crippen MR) is 123 cm³/mol. The van der Waals surface area contributed by atoms with Gasteiger partial charge in [0, 0.05) is 17.2 Å². The number of rotatable bonds is 1. The van der Waals surface area contributed by atoms with Gasteiger partial charge in [0.05, 0.1) is 11.1 Å². The van der Waals surface area contributed by atoms with Crippen LogP contribution < -0.4 is 0 Å². The molecule has 0 atom stereocenters. The zero-order valence-corrected chi connectivity index (χ0v) is 20.0. The van der Waals surface area contributed by atoms with Crippen molar-refractivity contribution in [2.45, 2.75) is 51.3 Å². The molecular formula is C24H26F6N2Si. The second kappa shape index (κ2) is 8.27. The first kappa shape index (κ1) is 24.9. The number of alkyl halides is 6. The van der Waals surface area contributed by atoms with E-state index in [1.165, 1.54) is 12.1 Å². The minimum atomic E-state index is -4.29. The molecular weight excluding hydrogens is 458 g/mol. The second-order valence-corrected chi connectivity index (χ2v) is 14.6. The maximum atomic E-state index is 12.9. The van der Waals surface area contributed by atoms with Crippen LogP contribution in [0.3, 0.4) is 0 Å². The molecule has 0 amide bonds. The largest absolute Gasteiger partial charge is 0.416 e. The maximum absolute atomic E-state index is 12.9. The summed E-state index contributed by atoms with van der Waals surface area (Å²) in [5.74, 6) is 0. The zero-order valence-electron chi connectivity index (χ0n) is 19.0. The van der Waals surface area contributed by atoms with Gasteiger partial charge in [0.2, 0.25) is 0 Å². The summed E-state index contributed by atoms with van der Waals surface area (Å²) in [4.78, 5) is 2.73. The third-order valence-corrected chi connectivity index (χ3v) is 11.6. The number of benzene rings is 2. The minimum Gasteiger partial charge on any atom is -0.374 e. The van der Waals surface area contributed by atoms with E-state index < -0.39 is 31.7 Å². The van der Waals surface area contributed by atoms with Gasteiger partial charge < -0.3 is 9.22 Å². The van der Waals surface area contributed by atoms with E-state index in [1.807, 2.05) is 12.3 Å². The lowest BCUT2D eigenvalue weighted by atomic mass is 10.1. The number of aromatic amines is 1. The number of halogens is 6. The van der Waals surface area contributed by atoms with Gasteiger partial charge in [-0.05, 0) is 58.4 Å². The Balaban J connectivity index is 0.000000203. The number of hydrogen-bond acceptors (Lipinski definition) is 0. The zero-order chi connectivity index (χ0) is 24.8. The SMILES string of the molecule is CC(C)(C)[Si](C)(C)n1ccc2ccc(C(F)(F)F)cc21.FC(F)(F)c1ccc2cc[nH]c2c1. The maximum Gasteiger partial charge on any atom is 0.416 e. The average molecular weight is 485 g/mol. The number of aromatic nitrogens is 2. The molecule has 178 valence electrons. The van der Waals surface area contributed by atoms with Crippen molar-refractivity contribution in [3.63, 3.8) is 0 Å². The highest BCUT2D eigenvalue weighted by Gasteiger charge is 2.38. The van der Waals surface area contributed by atoms with E-state index in [0.29, 0.717) is 11.0 Å². The summed E-state index contributed by atoms with van der Waals surface area (Å²) >= 11 is 0. The Labute approximate surface area is 189 Å². The summed E-state index contributed by atoms with van der Waals surface area (Å²) in [7, 11) is -1.93. The van der Waals surface area contributed by atoms with E-state index in [0.717, 1.165) is 29.0 Å². The predicted octanol–water partition coefficient (Wildman–Crippen LogP) is 8.70. The van der Waals surface area contributed by atoms with Crippen molar-refractivity contribution in [1.82, 2.24) is 9.22 Å². The molecule has 0 fully saturated rings. The first-order valence-electron chi connectivity index (χ1n) is 10.3. The first-order chi connectivity index (χ1) is 15.0. The molecule has 0 aliphatic carbocycles. The van der Waals surface area contributed by atoms with Crippen LogP contribution in [0.1, 0.15) is 31.9 Å². The highest BCUT2D eigenvalue weighted by Crippen LogP contribution is 2.40. The molecule has 33 heavy (non-hydrogen) atoms. The van der Waals surface area contributed by atoms with Crippen LogP contribution >= 0.6 is 0 Å². The molecule has 0 spiro atoms. The number of fused-ring (bicyclic) bond motifs is 2. The van der Waals surface area contributed by atoms with Crippen molar-refractivity contribution in [1.29, 1.82) is 0 Å². The number of hydrogen-bond donors (Lipinski definition) is 1. The van der Waals surface area contributed by atoms with Gasteiger partial charge in [-0.3, -0.25) is 0 Å². The molecule has 2 aromatic carbocycles. The van der Waals surface area contributed by atoms with Crippen molar-refractivity contribution in [3.05, 3.63) is 72.1 Å². The Morgan fingerprint density at radius 3 is 1.82 bits per heavy atom. The molecule has 1 N–H and O–H groups in total. The summed E-state index contributed by atoms with van der Waals surface area (Å²) < 4.78 is 77.4. The Hall–Kier alpha value is -2.68. The van der Waals surface area contributed by atoms with E-state index in [4.69, 9.17) is 0 Å². The lowest BCUT2D eigenvalue weighted by Crippen LogP contribution is -2.44. The van der Waals surface area contributed by atoms with Crippen molar-refractivity contribution in [2.24, 2.45) is 0 Å². The molecule has 0 bridgehead atoms. The molecule has 2 nitrogen and oxygen atoms in total. The van der Waals surface area contributed by atoms with Gasteiger partial charge in [0.25, 0.3) is 0 Å². The molecule has 4 rings (SSSR count). The van der Waals surface area contributed by atoms with Gasteiger partial charge in [-0.1, -0.05) is 46.0 Å². The quantitative estimate of drug-likeness (QED) is 0.206. The standard InChI is InChI=1S/C15H20F3NSi.C9H6F3N/c1-14(2,3)20(4,5)19-9-8-11-6-7-12(10-13(11)19)15(16,17)18;10-9(11,12)7-2-1-6-3-4-13-8(6)5-7/h6-10H,1-5H3;1-5,13H. The molecule has 0 aliphatic rings. The van der Waals surface area contributed by atoms with E-state index in [-0.39, 0.29) is 5.04 Å². The molecule has 0 unspecified atom stereocenters. The summed E-state index contributed by atoms with van der Waals surface area (Å²) in [6.45, 7) is 10.8. The summed E-state index contributed by atoms with van der Waals surface area (Å²) in [6.07, 6.45) is -5.01. The Kier molecular flexibility index (Phi) is 6.25. The van der Waals surface area contributed by atoms with Crippen LogP contribution in [-0.2, 0) is 12.4 Å². The molecule has 0 radical (unpaired) electrons. The van der Waals surface area contributed by atoms with Crippen molar-refractivity contribution in [3.8, 4) is 0 Å². The van der Waals surface area contributed by atoms with E-state index in [9.17, 15) is 26.3 Å². The number of H-pyrrole nitrogens is 1.